The van der Waals surface area contributed by atoms with E-state index in [9.17, 15) is 4.79 Å². The Hall–Kier alpha value is -3.32. The van der Waals surface area contributed by atoms with Crippen LogP contribution in [0.1, 0.15) is 11.1 Å². The number of nitrogens with one attached hydrogen (secondary N) is 2. The van der Waals surface area contributed by atoms with E-state index in [0.29, 0.717) is 16.8 Å². The minimum absolute atomic E-state index is 0.258. The molecular formula is C18H15N5OS. The fourth-order valence-corrected chi connectivity index (χ4v) is 3.02. The molecule has 0 saturated heterocycles. The van der Waals surface area contributed by atoms with E-state index in [0.717, 1.165) is 22.0 Å². The van der Waals surface area contributed by atoms with Crippen molar-refractivity contribution in [1.29, 1.82) is 5.41 Å². The summed E-state index contributed by atoms with van der Waals surface area (Å²) < 4.78 is 1.01. The Labute approximate surface area is 148 Å². The molecular weight excluding hydrogens is 334 g/mol. The molecule has 0 saturated carbocycles. The van der Waals surface area contributed by atoms with E-state index < -0.39 is 0 Å². The topological polar surface area (TPSA) is 105 Å². The molecule has 3 aromatic rings. The second-order valence-corrected chi connectivity index (χ2v) is 5.97. The van der Waals surface area contributed by atoms with Crippen molar-refractivity contribution in [2.24, 2.45) is 5.73 Å². The van der Waals surface area contributed by atoms with Crippen LogP contribution in [0.2, 0.25) is 0 Å². The number of nitrogens with zero attached hydrogens (tertiary/aromatic N) is 2. The molecule has 0 bridgehead atoms. The minimum Gasteiger partial charge on any atom is -0.404 e. The first-order chi connectivity index (χ1) is 12.2. The molecule has 7 heteroatoms. The van der Waals surface area contributed by atoms with Crippen LogP contribution < -0.4 is 11.1 Å². The Morgan fingerprint density at radius 1 is 1.32 bits per heavy atom. The van der Waals surface area contributed by atoms with Gasteiger partial charge in [0.15, 0.2) is 0 Å². The molecule has 1 aromatic carbocycles. The van der Waals surface area contributed by atoms with Crippen LogP contribution >= 0.6 is 11.3 Å². The van der Waals surface area contributed by atoms with E-state index in [1.165, 1.54) is 23.6 Å². The molecule has 124 valence electrons. The molecule has 0 atom stereocenters. The Morgan fingerprint density at radius 2 is 2.20 bits per heavy atom. The molecule has 0 radical (unpaired) electrons. The van der Waals surface area contributed by atoms with Gasteiger partial charge < -0.3 is 16.5 Å². The highest BCUT2D eigenvalue weighted by Gasteiger charge is 2.05. The molecule has 3 rings (SSSR count). The number of thiazole rings is 1. The van der Waals surface area contributed by atoms with Crippen molar-refractivity contribution in [3.63, 3.8) is 0 Å². The normalized spacial score (nSPS) is 11.8. The Bertz CT molecular complexity index is 990. The molecule has 25 heavy (non-hydrogen) atoms. The summed E-state index contributed by atoms with van der Waals surface area (Å²) in [5.41, 5.74) is 10.9. The molecule has 2 heterocycles. The van der Waals surface area contributed by atoms with E-state index in [1.807, 2.05) is 18.2 Å². The number of carbonyl (C=O) groups is 1. The van der Waals surface area contributed by atoms with Crippen LogP contribution in [0.3, 0.4) is 0 Å². The number of hydrogen-bond acceptors (Lipinski definition) is 6. The van der Waals surface area contributed by atoms with Crippen molar-refractivity contribution >= 4 is 51.0 Å². The third-order valence-electron chi connectivity index (χ3n) is 3.51. The van der Waals surface area contributed by atoms with Crippen LogP contribution in [0, 0.1) is 5.41 Å². The lowest BCUT2D eigenvalue weighted by atomic mass is 10.0. The summed E-state index contributed by atoms with van der Waals surface area (Å²) in [7, 11) is 0. The van der Waals surface area contributed by atoms with Gasteiger partial charge in [0.2, 0.25) is 5.91 Å². The molecule has 0 unspecified atom stereocenters. The van der Waals surface area contributed by atoms with Crippen LogP contribution in [0.4, 0.5) is 5.69 Å². The number of nitrogens with two attached hydrogens (primary N) is 1. The van der Waals surface area contributed by atoms with Crippen LogP contribution in [0.5, 0.6) is 0 Å². The molecule has 6 nitrogen and oxygen atoms in total. The van der Waals surface area contributed by atoms with Gasteiger partial charge in [-0.1, -0.05) is 0 Å². The summed E-state index contributed by atoms with van der Waals surface area (Å²) in [5.74, 6) is -0.258. The van der Waals surface area contributed by atoms with Crippen molar-refractivity contribution in [3.8, 4) is 0 Å². The van der Waals surface area contributed by atoms with E-state index in [-0.39, 0.29) is 5.91 Å². The third kappa shape index (κ3) is 3.78. The minimum atomic E-state index is -0.258. The van der Waals surface area contributed by atoms with Gasteiger partial charge in [0.25, 0.3) is 0 Å². The van der Waals surface area contributed by atoms with Crippen molar-refractivity contribution in [3.05, 3.63) is 65.6 Å². The lowest BCUT2D eigenvalue weighted by molar-refractivity contribution is -0.111. The first kappa shape index (κ1) is 16.5. The van der Waals surface area contributed by atoms with Crippen LogP contribution in [-0.4, -0.2) is 22.1 Å². The van der Waals surface area contributed by atoms with Gasteiger partial charge in [-0.05, 0) is 35.9 Å². The molecule has 0 aliphatic heterocycles. The van der Waals surface area contributed by atoms with Crippen molar-refractivity contribution in [1.82, 2.24) is 9.97 Å². The lowest BCUT2D eigenvalue weighted by Crippen LogP contribution is -2.07. The highest BCUT2D eigenvalue weighted by molar-refractivity contribution is 7.16. The van der Waals surface area contributed by atoms with Crippen LogP contribution in [0.25, 0.3) is 21.9 Å². The number of benzene rings is 1. The van der Waals surface area contributed by atoms with Gasteiger partial charge in [-0.25, -0.2) is 4.98 Å². The Morgan fingerprint density at radius 3 is 3.00 bits per heavy atom. The first-order valence-electron chi connectivity index (χ1n) is 7.40. The van der Waals surface area contributed by atoms with E-state index in [1.54, 1.807) is 30.0 Å². The number of allylic oxidation sites excluding steroid dienone is 1. The third-order valence-corrected chi connectivity index (χ3v) is 4.30. The van der Waals surface area contributed by atoms with Crippen LogP contribution in [0.15, 0.2) is 54.4 Å². The Kier molecular flexibility index (Phi) is 4.96. The van der Waals surface area contributed by atoms with Gasteiger partial charge in [0.05, 0.1) is 15.7 Å². The first-order valence-corrected chi connectivity index (χ1v) is 8.28. The van der Waals surface area contributed by atoms with Gasteiger partial charge in [-0.3, -0.25) is 9.78 Å². The van der Waals surface area contributed by atoms with E-state index >= 15 is 0 Å². The molecule has 0 aliphatic rings. The second-order valence-electron chi connectivity index (χ2n) is 5.09. The zero-order chi connectivity index (χ0) is 17.6. The summed E-state index contributed by atoms with van der Waals surface area (Å²) in [5, 5.41) is 10.2. The summed E-state index contributed by atoms with van der Waals surface area (Å²) in [6.45, 7) is 0. The number of rotatable bonds is 5. The second kappa shape index (κ2) is 7.50. The van der Waals surface area contributed by atoms with Crippen molar-refractivity contribution in [2.45, 2.75) is 0 Å². The fraction of sp³-hybridized carbons (Fsp3) is 0. The predicted octanol–water partition coefficient (Wildman–Crippen LogP) is 3.29. The van der Waals surface area contributed by atoms with Crippen LogP contribution in [-0.2, 0) is 4.79 Å². The molecule has 0 fully saturated rings. The van der Waals surface area contributed by atoms with Gasteiger partial charge in [0.1, 0.15) is 0 Å². The smallest absolute Gasteiger partial charge is 0.248 e. The number of carbonyl (C=O) groups excluding carboxylic acids is 1. The molecule has 1 amide bonds. The quantitative estimate of drug-likeness (QED) is 0.485. The summed E-state index contributed by atoms with van der Waals surface area (Å²) in [4.78, 5) is 20.4. The number of hydrogen-bond donors (Lipinski definition) is 3. The molecule has 2 aromatic heterocycles. The van der Waals surface area contributed by atoms with E-state index in [2.05, 4.69) is 15.3 Å². The van der Waals surface area contributed by atoms with Gasteiger partial charge in [-0.15, -0.1) is 11.3 Å². The zero-order valence-corrected chi connectivity index (χ0v) is 14.0. The maximum absolute atomic E-state index is 12.2. The average Bonchev–Trinajstić information content (AvgIpc) is 3.10. The number of aromatic nitrogens is 2. The zero-order valence-electron chi connectivity index (χ0n) is 13.1. The molecule has 0 spiro atoms. The standard InChI is InChI=1S/C18H15N5OS/c19-8-13(9-20)15-5-6-21-10-12(15)1-4-18(24)23-14-2-3-16-17(7-14)25-11-22-16/h1-11,19H,20H2,(H,23,24)/b4-1+,13-9+,19-8?. The number of fused-ring (bicyclic) bond motifs is 1. The maximum atomic E-state index is 12.2. The highest BCUT2D eigenvalue weighted by atomic mass is 32.1. The highest BCUT2D eigenvalue weighted by Crippen LogP contribution is 2.22. The summed E-state index contributed by atoms with van der Waals surface area (Å²) >= 11 is 1.52. The number of pyridine rings is 1. The van der Waals surface area contributed by atoms with Gasteiger partial charge in [-0.2, -0.15) is 0 Å². The SMILES string of the molecule is N=C/C(=C\N)c1ccncc1/C=C/C(=O)Nc1ccc2ncsc2c1. The van der Waals surface area contributed by atoms with E-state index in [4.69, 9.17) is 11.1 Å². The molecule has 4 N–H and O–H groups in total. The lowest BCUT2D eigenvalue weighted by Gasteiger charge is -2.05. The van der Waals surface area contributed by atoms with Gasteiger partial charge >= 0.3 is 0 Å². The predicted molar refractivity (Wildman–Crippen MR) is 102 cm³/mol. The number of anilines is 1. The monoisotopic (exact) mass is 349 g/mol. The van der Waals surface area contributed by atoms with Gasteiger partial charge in [0, 0.05) is 47.7 Å². The summed E-state index contributed by atoms with van der Waals surface area (Å²) in [6.07, 6.45) is 8.83. The van der Waals surface area contributed by atoms with Crippen molar-refractivity contribution < 1.29 is 4.79 Å². The average molecular weight is 349 g/mol. The maximum Gasteiger partial charge on any atom is 0.248 e. The summed E-state index contributed by atoms with van der Waals surface area (Å²) in [6, 6.07) is 7.32. The fourth-order valence-electron chi connectivity index (χ4n) is 2.30. The van der Waals surface area contributed by atoms with Crippen molar-refractivity contribution in [2.75, 3.05) is 5.32 Å². The molecule has 0 aliphatic carbocycles. The Balaban J connectivity index is 1.77. The number of amides is 1. The largest absolute Gasteiger partial charge is 0.404 e.